The van der Waals surface area contributed by atoms with Crippen LogP contribution in [0.15, 0.2) is 42.5 Å². The van der Waals surface area contributed by atoms with E-state index in [1.807, 2.05) is 6.92 Å². The van der Waals surface area contributed by atoms with Gasteiger partial charge in [-0.3, -0.25) is 24.5 Å². The Kier molecular flexibility index (Phi) is 8.30. The molecule has 0 atom stereocenters. The Morgan fingerprint density at radius 2 is 1.63 bits per heavy atom. The molecule has 0 aromatic heterocycles. The first kappa shape index (κ1) is 22.8. The largest absolute Gasteiger partial charge is 0.456 e. The number of hydrogen-bond acceptors (Lipinski definition) is 6. The number of nitrogens with one attached hydrogen (secondary N) is 2. The zero-order valence-corrected chi connectivity index (χ0v) is 16.9. The van der Waals surface area contributed by atoms with Crippen LogP contribution in [-0.2, 0) is 19.1 Å². The summed E-state index contributed by atoms with van der Waals surface area (Å²) >= 11 is 5.98. The van der Waals surface area contributed by atoms with Gasteiger partial charge in [-0.15, -0.1) is 0 Å². The molecule has 0 aliphatic heterocycles. The summed E-state index contributed by atoms with van der Waals surface area (Å²) in [6, 6.07) is 10.4. The highest BCUT2D eigenvalue weighted by molar-refractivity contribution is 6.31. The molecule has 0 bridgehead atoms. The average Bonchev–Trinajstić information content (AvgIpc) is 2.69. The summed E-state index contributed by atoms with van der Waals surface area (Å²) < 4.78 is 4.89. The Hall–Kier alpha value is -3.46. The van der Waals surface area contributed by atoms with Gasteiger partial charge in [0.05, 0.1) is 4.92 Å². The maximum Gasteiger partial charge on any atom is 0.306 e. The Morgan fingerprint density at radius 1 is 1.00 bits per heavy atom. The standard InChI is InChI=1S/C20H20ClN3O6/c1-13-5-6-15(11-17(13)21)23-19(26)12-30-20(27)4-2-3-18(25)22-14-7-9-16(10-8-14)24(28)29/h5-11H,2-4,12H2,1H3,(H,22,25)(H,23,26). The molecule has 10 heteroatoms. The number of non-ortho nitro benzene ring substituents is 1. The number of carbonyl (C=O) groups excluding carboxylic acids is 3. The molecule has 2 aromatic carbocycles. The minimum Gasteiger partial charge on any atom is -0.456 e. The van der Waals surface area contributed by atoms with Crippen LogP contribution in [0.5, 0.6) is 0 Å². The van der Waals surface area contributed by atoms with E-state index in [9.17, 15) is 24.5 Å². The van der Waals surface area contributed by atoms with Gasteiger partial charge in [-0.1, -0.05) is 17.7 Å². The molecule has 30 heavy (non-hydrogen) atoms. The van der Waals surface area contributed by atoms with E-state index in [1.54, 1.807) is 18.2 Å². The van der Waals surface area contributed by atoms with E-state index in [-0.39, 0.29) is 30.9 Å². The number of ether oxygens (including phenoxy) is 1. The molecule has 2 aromatic rings. The van der Waals surface area contributed by atoms with Crippen LogP contribution in [0.25, 0.3) is 0 Å². The molecule has 0 radical (unpaired) electrons. The van der Waals surface area contributed by atoms with E-state index in [2.05, 4.69) is 10.6 Å². The van der Waals surface area contributed by atoms with Crippen molar-refractivity contribution in [1.29, 1.82) is 0 Å². The van der Waals surface area contributed by atoms with Gasteiger partial charge >= 0.3 is 5.97 Å². The van der Waals surface area contributed by atoms with Crippen molar-refractivity contribution >= 4 is 46.4 Å². The molecule has 0 fully saturated rings. The van der Waals surface area contributed by atoms with Gasteiger partial charge in [-0.25, -0.2) is 0 Å². The van der Waals surface area contributed by atoms with E-state index >= 15 is 0 Å². The molecule has 9 nitrogen and oxygen atoms in total. The Morgan fingerprint density at radius 3 is 2.27 bits per heavy atom. The Balaban J connectivity index is 1.65. The van der Waals surface area contributed by atoms with E-state index < -0.39 is 23.4 Å². The maximum atomic E-state index is 11.9. The summed E-state index contributed by atoms with van der Waals surface area (Å²) in [5, 5.41) is 16.3. The van der Waals surface area contributed by atoms with Gasteiger partial charge in [0.25, 0.3) is 11.6 Å². The maximum absolute atomic E-state index is 11.9. The fraction of sp³-hybridized carbons (Fsp3) is 0.250. The molecule has 0 spiro atoms. The lowest BCUT2D eigenvalue weighted by molar-refractivity contribution is -0.384. The molecule has 2 N–H and O–H groups in total. The summed E-state index contributed by atoms with van der Waals surface area (Å²) in [4.78, 5) is 45.5. The lowest BCUT2D eigenvalue weighted by Gasteiger charge is -2.08. The van der Waals surface area contributed by atoms with Gasteiger partial charge in [-0.2, -0.15) is 0 Å². The molecule has 0 aliphatic carbocycles. The summed E-state index contributed by atoms with van der Waals surface area (Å²) in [5.41, 5.74) is 1.71. The summed E-state index contributed by atoms with van der Waals surface area (Å²) in [6.07, 6.45) is 0.254. The van der Waals surface area contributed by atoms with Gasteiger partial charge < -0.3 is 15.4 Å². The van der Waals surface area contributed by atoms with Gasteiger partial charge in [0.15, 0.2) is 6.61 Å². The predicted octanol–water partition coefficient (Wildman–Crippen LogP) is 3.85. The van der Waals surface area contributed by atoms with Crippen molar-refractivity contribution in [1.82, 2.24) is 0 Å². The molecule has 0 unspecified atom stereocenters. The molecule has 0 heterocycles. The van der Waals surface area contributed by atoms with Crippen LogP contribution in [0.1, 0.15) is 24.8 Å². The molecule has 0 saturated heterocycles. The van der Waals surface area contributed by atoms with Crippen LogP contribution in [0.2, 0.25) is 5.02 Å². The van der Waals surface area contributed by atoms with Crippen LogP contribution in [0.3, 0.4) is 0 Å². The van der Waals surface area contributed by atoms with Crippen molar-refractivity contribution in [3.8, 4) is 0 Å². The smallest absolute Gasteiger partial charge is 0.306 e. The number of nitrogens with zero attached hydrogens (tertiary/aromatic N) is 1. The predicted molar refractivity (Wildman–Crippen MR) is 111 cm³/mol. The number of nitro groups is 1. The van der Waals surface area contributed by atoms with Crippen LogP contribution in [0, 0.1) is 17.0 Å². The third-order valence-electron chi connectivity index (χ3n) is 3.97. The zero-order valence-electron chi connectivity index (χ0n) is 16.1. The first-order valence-corrected chi connectivity index (χ1v) is 9.38. The molecular weight excluding hydrogens is 414 g/mol. The zero-order chi connectivity index (χ0) is 22.1. The minimum absolute atomic E-state index is 0.0304. The van der Waals surface area contributed by atoms with Crippen molar-refractivity contribution in [2.24, 2.45) is 0 Å². The molecule has 0 saturated carbocycles. The molecule has 2 rings (SSSR count). The second kappa shape index (κ2) is 10.9. The van der Waals surface area contributed by atoms with Crippen LogP contribution in [-0.4, -0.2) is 29.3 Å². The van der Waals surface area contributed by atoms with E-state index in [4.69, 9.17) is 16.3 Å². The molecule has 158 valence electrons. The Labute approximate surface area is 177 Å². The fourth-order valence-electron chi connectivity index (χ4n) is 2.37. The van der Waals surface area contributed by atoms with Crippen LogP contribution in [0.4, 0.5) is 17.1 Å². The summed E-state index contributed by atoms with van der Waals surface area (Å²) in [7, 11) is 0. The summed E-state index contributed by atoms with van der Waals surface area (Å²) in [6.45, 7) is 1.39. The number of amides is 2. The van der Waals surface area contributed by atoms with Crippen molar-refractivity contribution in [3.05, 3.63) is 63.2 Å². The number of nitro benzene ring substituents is 1. The number of benzene rings is 2. The second-order valence-corrected chi connectivity index (χ2v) is 6.79. The highest BCUT2D eigenvalue weighted by Crippen LogP contribution is 2.20. The lowest BCUT2D eigenvalue weighted by Crippen LogP contribution is -2.21. The normalized spacial score (nSPS) is 10.2. The van der Waals surface area contributed by atoms with Crippen molar-refractivity contribution in [3.63, 3.8) is 0 Å². The van der Waals surface area contributed by atoms with Gasteiger partial charge in [0, 0.05) is 41.4 Å². The topological polar surface area (TPSA) is 128 Å². The van der Waals surface area contributed by atoms with E-state index in [0.717, 1.165) is 5.56 Å². The fourth-order valence-corrected chi connectivity index (χ4v) is 2.55. The first-order valence-electron chi connectivity index (χ1n) is 9.00. The molecular formula is C20H20ClN3O6. The number of hydrogen-bond donors (Lipinski definition) is 2. The molecule has 2 amide bonds. The van der Waals surface area contributed by atoms with Crippen molar-refractivity contribution in [2.45, 2.75) is 26.2 Å². The van der Waals surface area contributed by atoms with Crippen LogP contribution >= 0.6 is 11.6 Å². The monoisotopic (exact) mass is 433 g/mol. The highest BCUT2D eigenvalue weighted by Gasteiger charge is 2.11. The quantitative estimate of drug-likeness (QED) is 0.351. The van der Waals surface area contributed by atoms with Gasteiger partial charge in [-0.05, 0) is 43.2 Å². The highest BCUT2D eigenvalue weighted by atomic mass is 35.5. The minimum atomic E-state index is -0.602. The van der Waals surface area contributed by atoms with Gasteiger partial charge in [0.1, 0.15) is 0 Å². The third kappa shape index (κ3) is 7.51. The van der Waals surface area contributed by atoms with E-state index in [1.165, 1.54) is 24.3 Å². The first-order chi connectivity index (χ1) is 14.2. The van der Waals surface area contributed by atoms with Crippen LogP contribution < -0.4 is 10.6 Å². The lowest BCUT2D eigenvalue weighted by atomic mass is 10.2. The Bertz CT molecular complexity index is 946. The second-order valence-electron chi connectivity index (χ2n) is 6.38. The van der Waals surface area contributed by atoms with Gasteiger partial charge in [0.2, 0.25) is 5.91 Å². The number of halogens is 1. The number of carbonyl (C=O) groups is 3. The molecule has 0 aliphatic rings. The average molecular weight is 434 g/mol. The number of esters is 1. The number of rotatable bonds is 9. The summed E-state index contributed by atoms with van der Waals surface area (Å²) in [5.74, 6) is -1.44. The van der Waals surface area contributed by atoms with Crippen molar-refractivity contribution in [2.75, 3.05) is 17.2 Å². The number of aryl methyl sites for hydroxylation is 1. The number of anilines is 2. The third-order valence-corrected chi connectivity index (χ3v) is 4.37. The SMILES string of the molecule is Cc1ccc(NC(=O)COC(=O)CCCC(=O)Nc2ccc([N+](=O)[O-])cc2)cc1Cl. The van der Waals surface area contributed by atoms with Crippen molar-refractivity contribution < 1.29 is 24.0 Å². The van der Waals surface area contributed by atoms with E-state index in [0.29, 0.717) is 16.4 Å².